The van der Waals surface area contributed by atoms with Crippen LogP contribution in [0.4, 0.5) is 0 Å². The predicted molar refractivity (Wildman–Crippen MR) is 126 cm³/mol. The van der Waals surface area contributed by atoms with E-state index in [1.165, 1.54) is 0 Å². The van der Waals surface area contributed by atoms with Gasteiger partial charge in [0.2, 0.25) is 0 Å². The summed E-state index contributed by atoms with van der Waals surface area (Å²) in [5, 5.41) is 8.78. The molecule has 2 atom stereocenters. The van der Waals surface area contributed by atoms with Gasteiger partial charge in [-0.3, -0.25) is 4.79 Å². The Kier molecular flexibility index (Phi) is 10.6. The number of carbonyl (C=O) groups excluding carboxylic acids is 3. The average molecular weight is 473 g/mol. The monoisotopic (exact) mass is 472 g/mol. The highest BCUT2D eigenvalue weighted by atomic mass is 16.5. The zero-order valence-electron chi connectivity index (χ0n) is 19.7. The van der Waals surface area contributed by atoms with Gasteiger partial charge in [-0.25, -0.2) is 4.79 Å². The van der Waals surface area contributed by atoms with E-state index in [1.807, 2.05) is 18.2 Å². The fourth-order valence-corrected chi connectivity index (χ4v) is 4.30. The molecule has 0 amide bonds. The summed E-state index contributed by atoms with van der Waals surface area (Å²) in [6.45, 7) is 0.886. The van der Waals surface area contributed by atoms with Crippen molar-refractivity contribution < 1.29 is 33.7 Å². The first kappa shape index (κ1) is 25.9. The number of aliphatic hydroxyl groups excluding tert-OH is 1. The summed E-state index contributed by atoms with van der Waals surface area (Å²) in [5.74, 6) is -0.0975. The van der Waals surface area contributed by atoms with Crippen LogP contribution in [-0.2, 0) is 28.6 Å². The fourth-order valence-electron chi connectivity index (χ4n) is 4.30. The summed E-state index contributed by atoms with van der Waals surface area (Å²) >= 11 is 0. The number of carbonyl (C=O) groups is 3. The molecule has 0 heterocycles. The number of allylic oxidation sites excluding steroid dienone is 3. The van der Waals surface area contributed by atoms with Gasteiger partial charge in [0.15, 0.2) is 0 Å². The molecule has 0 aromatic rings. The summed E-state index contributed by atoms with van der Waals surface area (Å²) in [7, 11) is 0. The lowest BCUT2D eigenvalue weighted by atomic mass is 9.87. The molecule has 1 fully saturated rings. The molecule has 3 aliphatic rings. The van der Waals surface area contributed by atoms with E-state index in [4.69, 9.17) is 19.3 Å². The second kappa shape index (κ2) is 13.9. The van der Waals surface area contributed by atoms with Gasteiger partial charge >= 0.3 is 11.9 Å². The molecule has 7 nitrogen and oxygen atoms in total. The quantitative estimate of drug-likeness (QED) is 0.259. The van der Waals surface area contributed by atoms with Crippen molar-refractivity contribution in [3.63, 3.8) is 0 Å². The molecule has 1 N–H and O–H groups in total. The Hall–Kier alpha value is -2.67. The zero-order chi connectivity index (χ0) is 24.2. The molecule has 3 aliphatic carbocycles. The molecule has 186 valence electrons. The predicted octanol–water partition coefficient (Wildman–Crippen LogP) is 4.11. The Balaban J connectivity index is 1.31. The van der Waals surface area contributed by atoms with Crippen LogP contribution >= 0.6 is 0 Å². The topological polar surface area (TPSA) is 99.1 Å². The SMILES string of the molecule is O=CC1C=CC(C(=O)OC2CCC(C(=O)OC3C=CC(OCCCCCCO)=CC3)CC2)=CC1. The highest BCUT2D eigenvalue weighted by Crippen LogP contribution is 2.29. The summed E-state index contributed by atoms with van der Waals surface area (Å²) in [6.07, 6.45) is 18.7. The molecule has 0 spiro atoms. The highest BCUT2D eigenvalue weighted by molar-refractivity contribution is 5.92. The molecule has 0 aliphatic heterocycles. The zero-order valence-corrected chi connectivity index (χ0v) is 19.7. The van der Waals surface area contributed by atoms with Gasteiger partial charge in [-0.1, -0.05) is 24.6 Å². The van der Waals surface area contributed by atoms with Gasteiger partial charge in [0.1, 0.15) is 24.3 Å². The number of aliphatic hydroxyl groups is 1. The Morgan fingerprint density at radius 3 is 2.38 bits per heavy atom. The van der Waals surface area contributed by atoms with Gasteiger partial charge in [0.25, 0.3) is 0 Å². The number of rotatable bonds is 12. The molecule has 0 bridgehead atoms. The van der Waals surface area contributed by atoms with Crippen LogP contribution in [0.2, 0.25) is 0 Å². The van der Waals surface area contributed by atoms with Gasteiger partial charge in [-0.2, -0.15) is 0 Å². The third-order valence-corrected chi connectivity index (χ3v) is 6.44. The maximum atomic E-state index is 12.6. The van der Waals surface area contributed by atoms with Crippen molar-refractivity contribution in [2.75, 3.05) is 13.2 Å². The van der Waals surface area contributed by atoms with Crippen molar-refractivity contribution in [2.45, 2.75) is 76.4 Å². The second-order valence-corrected chi connectivity index (χ2v) is 9.10. The highest BCUT2D eigenvalue weighted by Gasteiger charge is 2.31. The normalized spacial score (nSPS) is 26.3. The van der Waals surface area contributed by atoms with Crippen molar-refractivity contribution in [3.8, 4) is 0 Å². The van der Waals surface area contributed by atoms with Crippen molar-refractivity contribution >= 4 is 18.2 Å². The fraction of sp³-hybridized carbons (Fsp3) is 0.593. The lowest BCUT2D eigenvalue weighted by Crippen LogP contribution is -2.31. The second-order valence-electron chi connectivity index (χ2n) is 9.10. The van der Waals surface area contributed by atoms with E-state index < -0.39 is 0 Å². The molecular weight excluding hydrogens is 436 g/mol. The van der Waals surface area contributed by atoms with E-state index in [0.29, 0.717) is 50.7 Å². The standard InChI is InChI=1S/C27H36O7/c28-17-3-1-2-4-18-32-23-13-15-25(16-14-23)34-27(31)22-9-11-24(12-10-22)33-26(30)21-7-5-20(19-29)6-8-21/h5,7-8,13-15,19-20,22,24-25,28H,1-4,6,9-12,16-18H2. The number of aldehydes is 1. The molecule has 0 aromatic heterocycles. The van der Waals surface area contributed by atoms with Gasteiger partial charge in [0, 0.05) is 18.9 Å². The minimum Gasteiger partial charge on any atom is -0.494 e. The van der Waals surface area contributed by atoms with Crippen LogP contribution in [0, 0.1) is 11.8 Å². The summed E-state index contributed by atoms with van der Waals surface area (Å²) in [5.41, 5.74) is 0.488. The Morgan fingerprint density at radius 2 is 1.74 bits per heavy atom. The molecule has 0 radical (unpaired) electrons. The third-order valence-electron chi connectivity index (χ3n) is 6.44. The van der Waals surface area contributed by atoms with Crippen LogP contribution in [0.15, 0.2) is 47.8 Å². The number of hydrogen-bond acceptors (Lipinski definition) is 7. The molecule has 0 saturated heterocycles. The van der Waals surface area contributed by atoms with Gasteiger partial charge < -0.3 is 24.1 Å². The van der Waals surface area contributed by atoms with Crippen molar-refractivity contribution in [2.24, 2.45) is 11.8 Å². The van der Waals surface area contributed by atoms with Gasteiger partial charge in [-0.05, 0) is 69.6 Å². The van der Waals surface area contributed by atoms with Crippen molar-refractivity contribution in [1.29, 1.82) is 0 Å². The molecule has 1 saturated carbocycles. The minimum atomic E-state index is -0.367. The van der Waals surface area contributed by atoms with E-state index in [1.54, 1.807) is 18.2 Å². The van der Waals surface area contributed by atoms with E-state index in [-0.39, 0.29) is 42.6 Å². The van der Waals surface area contributed by atoms with Crippen LogP contribution in [0.5, 0.6) is 0 Å². The summed E-state index contributed by atoms with van der Waals surface area (Å²) in [4.78, 5) is 35.7. The number of hydrogen-bond donors (Lipinski definition) is 1. The Bertz CT molecular complexity index is 815. The van der Waals surface area contributed by atoms with E-state index in [9.17, 15) is 14.4 Å². The number of esters is 2. The first-order valence-corrected chi connectivity index (χ1v) is 12.5. The third kappa shape index (κ3) is 8.28. The van der Waals surface area contributed by atoms with E-state index >= 15 is 0 Å². The largest absolute Gasteiger partial charge is 0.494 e. The van der Waals surface area contributed by atoms with Crippen LogP contribution in [-0.4, -0.2) is 48.8 Å². The van der Waals surface area contributed by atoms with Crippen molar-refractivity contribution in [3.05, 3.63) is 47.8 Å². The smallest absolute Gasteiger partial charge is 0.338 e. The lowest BCUT2D eigenvalue weighted by Gasteiger charge is -2.28. The molecule has 3 rings (SSSR count). The molecule has 0 aromatic carbocycles. The summed E-state index contributed by atoms with van der Waals surface area (Å²) in [6, 6.07) is 0. The maximum Gasteiger partial charge on any atom is 0.338 e. The number of unbranched alkanes of at least 4 members (excludes halogenated alkanes) is 3. The van der Waals surface area contributed by atoms with Crippen molar-refractivity contribution in [1.82, 2.24) is 0 Å². The van der Waals surface area contributed by atoms with Gasteiger partial charge in [0.05, 0.1) is 18.1 Å². The first-order valence-electron chi connectivity index (χ1n) is 12.5. The van der Waals surface area contributed by atoms with Crippen LogP contribution in [0.1, 0.15) is 64.2 Å². The Morgan fingerprint density at radius 1 is 0.941 bits per heavy atom. The summed E-state index contributed by atoms with van der Waals surface area (Å²) < 4.78 is 17.0. The average Bonchev–Trinajstić information content (AvgIpc) is 2.87. The minimum absolute atomic E-state index is 0.167. The molecular formula is C27H36O7. The van der Waals surface area contributed by atoms with Crippen LogP contribution in [0.3, 0.4) is 0 Å². The van der Waals surface area contributed by atoms with Gasteiger partial charge in [-0.15, -0.1) is 0 Å². The van der Waals surface area contributed by atoms with Crippen LogP contribution < -0.4 is 0 Å². The van der Waals surface area contributed by atoms with E-state index in [0.717, 1.165) is 37.7 Å². The maximum absolute atomic E-state index is 12.6. The van der Waals surface area contributed by atoms with E-state index in [2.05, 4.69) is 0 Å². The molecule has 2 unspecified atom stereocenters. The van der Waals surface area contributed by atoms with Crippen LogP contribution in [0.25, 0.3) is 0 Å². The number of ether oxygens (including phenoxy) is 3. The molecule has 7 heteroatoms. The Labute approximate surface area is 201 Å². The first-order chi connectivity index (χ1) is 16.6. The molecule has 34 heavy (non-hydrogen) atoms. The lowest BCUT2D eigenvalue weighted by molar-refractivity contribution is -0.155.